The second kappa shape index (κ2) is 9.00. The van der Waals surface area contributed by atoms with Crippen LogP contribution in [0, 0.1) is 0 Å². The third-order valence-corrected chi connectivity index (χ3v) is 6.53. The van der Waals surface area contributed by atoms with Crippen molar-refractivity contribution in [1.29, 1.82) is 0 Å². The van der Waals surface area contributed by atoms with Crippen LogP contribution < -0.4 is 5.73 Å². The van der Waals surface area contributed by atoms with Crippen LogP contribution in [0.3, 0.4) is 0 Å². The fraction of sp³-hybridized carbons (Fsp3) is 0.522. The number of primary amides is 1. The molecule has 3 heterocycles. The summed E-state index contributed by atoms with van der Waals surface area (Å²) in [5.41, 5.74) is 8.45. The van der Waals surface area contributed by atoms with Crippen LogP contribution in [-0.4, -0.2) is 63.1 Å². The van der Waals surface area contributed by atoms with Crippen molar-refractivity contribution in [2.24, 2.45) is 5.73 Å². The molecule has 0 saturated carbocycles. The monoisotopic (exact) mass is 409 g/mol. The lowest BCUT2D eigenvalue weighted by atomic mass is 10.0. The van der Waals surface area contributed by atoms with Crippen LogP contribution in [-0.2, 0) is 17.8 Å². The van der Waals surface area contributed by atoms with Gasteiger partial charge >= 0.3 is 0 Å². The third kappa shape index (κ3) is 4.12. The molecule has 7 nitrogen and oxygen atoms in total. The summed E-state index contributed by atoms with van der Waals surface area (Å²) in [6.45, 7) is 5.08. The van der Waals surface area contributed by atoms with Crippen LogP contribution in [0.2, 0.25) is 0 Å². The second-order valence-electron chi connectivity index (χ2n) is 8.32. The molecule has 160 valence electrons. The molecule has 2 amide bonds. The Kier molecular flexibility index (Phi) is 6.18. The summed E-state index contributed by atoms with van der Waals surface area (Å²) < 4.78 is 1.94. The van der Waals surface area contributed by atoms with Gasteiger partial charge in [0.15, 0.2) is 0 Å². The number of piperidine rings is 1. The van der Waals surface area contributed by atoms with Gasteiger partial charge in [-0.15, -0.1) is 0 Å². The Balaban J connectivity index is 1.41. The van der Waals surface area contributed by atoms with Gasteiger partial charge < -0.3 is 10.6 Å². The lowest BCUT2D eigenvalue weighted by molar-refractivity contribution is -0.123. The average Bonchev–Trinajstić information content (AvgIpc) is 3.41. The normalized spacial score (nSPS) is 20.6. The first-order valence-electron chi connectivity index (χ1n) is 11.0. The van der Waals surface area contributed by atoms with Gasteiger partial charge in [-0.05, 0) is 44.2 Å². The van der Waals surface area contributed by atoms with Gasteiger partial charge in [0.2, 0.25) is 5.91 Å². The SMILES string of the molecule is CCc1c(C(=O)N2CCC(N3CCCC3C(N)=O)CC2)cnn1Cc1ccccc1. The van der Waals surface area contributed by atoms with Crippen LogP contribution in [0.15, 0.2) is 36.5 Å². The number of amides is 2. The van der Waals surface area contributed by atoms with E-state index in [4.69, 9.17) is 5.73 Å². The average molecular weight is 410 g/mol. The molecule has 2 aliphatic heterocycles. The molecule has 0 radical (unpaired) electrons. The predicted molar refractivity (Wildman–Crippen MR) is 115 cm³/mol. The number of carbonyl (C=O) groups excluding carboxylic acids is 2. The smallest absolute Gasteiger partial charge is 0.257 e. The van der Waals surface area contributed by atoms with E-state index in [9.17, 15) is 9.59 Å². The molecule has 7 heteroatoms. The summed E-state index contributed by atoms with van der Waals surface area (Å²) in [6.07, 6.45) is 6.13. The van der Waals surface area contributed by atoms with Crippen molar-refractivity contribution in [3.05, 3.63) is 53.3 Å². The largest absolute Gasteiger partial charge is 0.368 e. The second-order valence-corrected chi connectivity index (χ2v) is 8.32. The molecular formula is C23H31N5O2. The first-order chi connectivity index (χ1) is 14.6. The fourth-order valence-electron chi connectivity index (χ4n) is 4.96. The lowest BCUT2D eigenvalue weighted by Crippen LogP contribution is -2.51. The molecule has 2 aliphatic rings. The molecule has 1 atom stereocenters. The molecular weight excluding hydrogens is 378 g/mol. The summed E-state index contributed by atoms with van der Waals surface area (Å²) >= 11 is 0. The number of rotatable bonds is 6. The number of likely N-dealkylation sites (tertiary alicyclic amines) is 2. The highest BCUT2D eigenvalue weighted by atomic mass is 16.2. The maximum Gasteiger partial charge on any atom is 0.257 e. The summed E-state index contributed by atoms with van der Waals surface area (Å²) in [5.74, 6) is -0.151. The Morgan fingerprint density at radius 2 is 1.83 bits per heavy atom. The highest BCUT2D eigenvalue weighted by Gasteiger charge is 2.36. The van der Waals surface area contributed by atoms with E-state index in [1.165, 1.54) is 5.56 Å². The van der Waals surface area contributed by atoms with Crippen LogP contribution >= 0.6 is 0 Å². The van der Waals surface area contributed by atoms with E-state index in [-0.39, 0.29) is 17.9 Å². The minimum atomic E-state index is -0.218. The van der Waals surface area contributed by atoms with Crippen molar-refractivity contribution in [1.82, 2.24) is 19.6 Å². The van der Waals surface area contributed by atoms with Gasteiger partial charge in [-0.2, -0.15) is 5.10 Å². The van der Waals surface area contributed by atoms with Crippen molar-refractivity contribution in [2.75, 3.05) is 19.6 Å². The highest BCUT2D eigenvalue weighted by Crippen LogP contribution is 2.27. The molecule has 2 saturated heterocycles. The Morgan fingerprint density at radius 3 is 2.50 bits per heavy atom. The van der Waals surface area contributed by atoms with Crippen LogP contribution in [0.5, 0.6) is 0 Å². The molecule has 2 fully saturated rings. The summed E-state index contributed by atoms with van der Waals surface area (Å²) in [6, 6.07) is 10.4. The van der Waals surface area contributed by atoms with E-state index in [0.717, 1.165) is 44.3 Å². The number of hydrogen-bond acceptors (Lipinski definition) is 4. The van der Waals surface area contributed by atoms with E-state index in [0.29, 0.717) is 31.2 Å². The van der Waals surface area contributed by atoms with E-state index >= 15 is 0 Å². The Bertz CT molecular complexity index is 886. The van der Waals surface area contributed by atoms with E-state index in [1.807, 2.05) is 27.8 Å². The zero-order valence-electron chi connectivity index (χ0n) is 17.7. The molecule has 0 aliphatic carbocycles. The standard InChI is InChI=1S/C23H31N5O2/c1-2-20-19(15-25-28(20)16-17-7-4-3-5-8-17)23(30)26-13-10-18(11-14-26)27-12-6-9-21(27)22(24)29/h3-5,7-8,15,18,21H,2,6,9-14,16H2,1H3,(H2,24,29). The van der Waals surface area contributed by atoms with Crippen molar-refractivity contribution in [2.45, 2.75) is 57.7 Å². The van der Waals surface area contributed by atoms with E-state index in [1.54, 1.807) is 6.20 Å². The minimum Gasteiger partial charge on any atom is -0.368 e. The first kappa shape index (κ1) is 20.6. The van der Waals surface area contributed by atoms with Crippen molar-refractivity contribution < 1.29 is 9.59 Å². The zero-order chi connectivity index (χ0) is 21.1. The number of nitrogens with two attached hydrogens (primary N) is 1. The number of aromatic nitrogens is 2. The van der Waals surface area contributed by atoms with Gasteiger partial charge in [0.25, 0.3) is 5.91 Å². The van der Waals surface area contributed by atoms with Crippen LogP contribution in [0.1, 0.15) is 54.2 Å². The third-order valence-electron chi connectivity index (χ3n) is 6.53. The summed E-state index contributed by atoms with van der Waals surface area (Å²) in [7, 11) is 0. The fourth-order valence-corrected chi connectivity index (χ4v) is 4.96. The molecule has 0 spiro atoms. The van der Waals surface area contributed by atoms with Gasteiger partial charge in [0, 0.05) is 19.1 Å². The Morgan fingerprint density at radius 1 is 1.10 bits per heavy atom. The molecule has 4 rings (SSSR count). The van der Waals surface area contributed by atoms with Crippen LogP contribution in [0.4, 0.5) is 0 Å². The molecule has 1 unspecified atom stereocenters. The van der Waals surface area contributed by atoms with Crippen molar-refractivity contribution in [3.63, 3.8) is 0 Å². The molecule has 2 aromatic rings. The van der Waals surface area contributed by atoms with Gasteiger partial charge in [0.1, 0.15) is 0 Å². The molecule has 2 N–H and O–H groups in total. The Labute approximate surface area is 177 Å². The number of carbonyl (C=O) groups is 2. The van der Waals surface area contributed by atoms with Gasteiger partial charge in [-0.25, -0.2) is 0 Å². The Hall–Kier alpha value is -2.67. The topological polar surface area (TPSA) is 84.5 Å². The minimum absolute atomic E-state index is 0.0671. The number of benzene rings is 1. The van der Waals surface area contributed by atoms with Crippen molar-refractivity contribution in [3.8, 4) is 0 Å². The maximum absolute atomic E-state index is 13.2. The quantitative estimate of drug-likeness (QED) is 0.791. The maximum atomic E-state index is 13.2. The van der Waals surface area contributed by atoms with E-state index in [2.05, 4.69) is 29.1 Å². The summed E-state index contributed by atoms with van der Waals surface area (Å²) in [4.78, 5) is 29.2. The molecule has 30 heavy (non-hydrogen) atoms. The molecule has 1 aromatic carbocycles. The predicted octanol–water partition coefficient (Wildman–Crippen LogP) is 2.05. The first-order valence-corrected chi connectivity index (χ1v) is 11.0. The van der Waals surface area contributed by atoms with Crippen LogP contribution in [0.25, 0.3) is 0 Å². The molecule has 1 aromatic heterocycles. The lowest BCUT2D eigenvalue weighted by Gasteiger charge is -2.38. The van der Waals surface area contributed by atoms with E-state index < -0.39 is 0 Å². The van der Waals surface area contributed by atoms with Gasteiger partial charge in [0.05, 0.1) is 30.0 Å². The van der Waals surface area contributed by atoms with Gasteiger partial charge in [-0.1, -0.05) is 37.3 Å². The molecule has 0 bridgehead atoms. The van der Waals surface area contributed by atoms with Crippen molar-refractivity contribution >= 4 is 11.8 Å². The number of hydrogen-bond donors (Lipinski definition) is 1. The highest BCUT2D eigenvalue weighted by molar-refractivity contribution is 5.95. The zero-order valence-corrected chi connectivity index (χ0v) is 17.7. The van der Waals surface area contributed by atoms with Gasteiger partial charge in [-0.3, -0.25) is 19.2 Å². The number of nitrogens with zero attached hydrogens (tertiary/aromatic N) is 4. The summed E-state index contributed by atoms with van der Waals surface area (Å²) in [5, 5.41) is 4.52.